The van der Waals surface area contributed by atoms with E-state index in [0.29, 0.717) is 11.8 Å². The zero-order valence-electron chi connectivity index (χ0n) is 9.50. The second kappa shape index (κ2) is 11.5. The minimum atomic E-state index is -0.231. The van der Waals surface area contributed by atoms with Gasteiger partial charge < -0.3 is 14.9 Å². The summed E-state index contributed by atoms with van der Waals surface area (Å²) in [6.07, 6.45) is -0.231. The maximum Gasteiger partial charge on any atom is 0.0793 e. The summed E-state index contributed by atoms with van der Waals surface area (Å²) >= 11 is 10.1. The Hall–Kier alpha value is 0.460. The normalized spacial score (nSPS) is 10.7. The summed E-state index contributed by atoms with van der Waals surface area (Å²) in [4.78, 5) is 3.96. The van der Waals surface area contributed by atoms with E-state index >= 15 is 0 Å². The Morgan fingerprint density at radius 1 is 0.929 bits per heavy atom. The molecule has 88 valence electrons. The van der Waals surface area contributed by atoms with E-state index in [9.17, 15) is 5.11 Å². The van der Waals surface area contributed by atoms with E-state index in [-0.39, 0.29) is 6.10 Å². The molecule has 0 saturated heterocycles. The van der Waals surface area contributed by atoms with Crippen LogP contribution in [0.4, 0.5) is 0 Å². The van der Waals surface area contributed by atoms with Gasteiger partial charge in [-0.1, -0.05) is 0 Å². The predicted octanol–water partition coefficient (Wildman–Crippen LogP) is 0.935. The van der Waals surface area contributed by atoms with Crippen LogP contribution >= 0.6 is 23.2 Å². The van der Waals surface area contributed by atoms with Crippen LogP contribution in [0.3, 0.4) is 0 Å². The first kappa shape index (κ1) is 16.9. The molecule has 3 nitrogen and oxygen atoms in total. The molecule has 0 rings (SSSR count). The molecule has 0 bridgehead atoms. The molecular formula is C9H22Cl2N2O. The van der Waals surface area contributed by atoms with E-state index in [1.807, 2.05) is 38.0 Å². The standard InChI is InChI=1S/C7H18N2O.C2H4Cl2/c1-8(2)5-7(10)6-9(3)4;3-1-2-4/h7,10H,5-6H2,1-4H3;1-2H2. The zero-order chi connectivity index (χ0) is 11.6. The molecule has 0 unspecified atom stereocenters. The van der Waals surface area contributed by atoms with E-state index in [1.165, 1.54) is 0 Å². The summed E-state index contributed by atoms with van der Waals surface area (Å²) in [5.41, 5.74) is 0. The second-order valence-corrected chi connectivity index (χ2v) is 4.31. The second-order valence-electron chi connectivity index (χ2n) is 3.56. The van der Waals surface area contributed by atoms with Gasteiger partial charge in [0, 0.05) is 24.8 Å². The minimum absolute atomic E-state index is 0.231. The van der Waals surface area contributed by atoms with E-state index in [1.54, 1.807) is 0 Å². The summed E-state index contributed by atoms with van der Waals surface area (Å²) in [7, 11) is 7.83. The summed E-state index contributed by atoms with van der Waals surface area (Å²) in [6.45, 7) is 1.47. The van der Waals surface area contributed by atoms with Gasteiger partial charge >= 0.3 is 0 Å². The Bertz CT molecular complexity index is 101. The van der Waals surface area contributed by atoms with Crippen LogP contribution in [0.25, 0.3) is 0 Å². The third-order valence-electron chi connectivity index (χ3n) is 1.22. The summed E-state index contributed by atoms with van der Waals surface area (Å²) < 4.78 is 0. The van der Waals surface area contributed by atoms with Gasteiger partial charge in [-0.3, -0.25) is 0 Å². The van der Waals surface area contributed by atoms with E-state index < -0.39 is 0 Å². The fraction of sp³-hybridized carbons (Fsp3) is 1.00. The molecule has 0 spiro atoms. The number of nitrogens with zero attached hydrogens (tertiary/aromatic N) is 2. The van der Waals surface area contributed by atoms with Crippen LogP contribution in [-0.2, 0) is 0 Å². The highest BCUT2D eigenvalue weighted by atomic mass is 35.5. The molecule has 0 aliphatic carbocycles. The largest absolute Gasteiger partial charge is 0.390 e. The third-order valence-corrected chi connectivity index (χ3v) is 1.79. The Labute approximate surface area is 97.6 Å². The van der Waals surface area contributed by atoms with Crippen molar-refractivity contribution >= 4 is 23.2 Å². The monoisotopic (exact) mass is 244 g/mol. The quantitative estimate of drug-likeness (QED) is 0.730. The van der Waals surface area contributed by atoms with Crippen molar-refractivity contribution in [1.82, 2.24) is 9.80 Å². The van der Waals surface area contributed by atoms with Crippen LogP contribution in [0.2, 0.25) is 0 Å². The zero-order valence-corrected chi connectivity index (χ0v) is 11.0. The molecule has 0 aliphatic heterocycles. The average molecular weight is 245 g/mol. The smallest absolute Gasteiger partial charge is 0.0793 e. The molecule has 14 heavy (non-hydrogen) atoms. The SMILES string of the molecule is CN(C)CC(O)CN(C)C.ClCCCl. The molecule has 1 N–H and O–H groups in total. The summed E-state index contributed by atoms with van der Waals surface area (Å²) in [5, 5.41) is 9.31. The van der Waals surface area contributed by atoms with Crippen molar-refractivity contribution in [3.05, 3.63) is 0 Å². The highest BCUT2D eigenvalue weighted by molar-refractivity contribution is 6.25. The van der Waals surface area contributed by atoms with Crippen molar-refractivity contribution in [2.24, 2.45) is 0 Å². The lowest BCUT2D eigenvalue weighted by atomic mass is 10.3. The molecule has 5 heteroatoms. The van der Waals surface area contributed by atoms with Crippen molar-refractivity contribution in [1.29, 1.82) is 0 Å². The van der Waals surface area contributed by atoms with Crippen molar-refractivity contribution in [3.8, 4) is 0 Å². The molecule has 0 aromatic heterocycles. The van der Waals surface area contributed by atoms with Crippen molar-refractivity contribution in [2.45, 2.75) is 6.10 Å². The number of aliphatic hydroxyl groups excluding tert-OH is 1. The fourth-order valence-electron chi connectivity index (χ4n) is 0.901. The first-order valence-corrected chi connectivity index (χ1v) is 5.60. The van der Waals surface area contributed by atoms with Gasteiger partial charge in [-0.25, -0.2) is 0 Å². The molecule has 0 atom stereocenters. The molecule has 0 fully saturated rings. The summed E-state index contributed by atoms with van der Waals surface area (Å²) in [6, 6.07) is 0. The van der Waals surface area contributed by atoms with Gasteiger partial charge in [0.1, 0.15) is 0 Å². The summed E-state index contributed by atoms with van der Waals surface area (Å²) in [5.74, 6) is 1.11. The number of alkyl halides is 2. The Morgan fingerprint density at radius 3 is 1.36 bits per heavy atom. The Morgan fingerprint density at radius 2 is 1.21 bits per heavy atom. The number of rotatable bonds is 5. The number of halogens is 2. The molecule has 0 heterocycles. The molecule has 0 radical (unpaired) electrons. The lowest BCUT2D eigenvalue weighted by Crippen LogP contribution is -2.34. The third kappa shape index (κ3) is 18.3. The van der Waals surface area contributed by atoms with Gasteiger partial charge in [0.05, 0.1) is 6.10 Å². The van der Waals surface area contributed by atoms with Crippen LogP contribution in [0, 0.1) is 0 Å². The predicted molar refractivity (Wildman–Crippen MR) is 64.6 cm³/mol. The molecule has 0 aromatic rings. The van der Waals surface area contributed by atoms with Crippen LogP contribution in [0.15, 0.2) is 0 Å². The Kier molecular flexibility index (Phi) is 13.9. The van der Waals surface area contributed by atoms with Crippen molar-refractivity contribution in [3.63, 3.8) is 0 Å². The highest BCUT2D eigenvalue weighted by Gasteiger charge is 2.05. The van der Waals surface area contributed by atoms with Crippen LogP contribution < -0.4 is 0 Å². The maximum atomic E-state index is 9.31. The molecular weight excluding hydrogens is 223 g/mol. The number of aliphatic hydroxyl groups is 1. The first-order valence-electron chi connectivity index (χ1n) is 4.53. The van der Waals surface area contributed by atoms with E-state index in [4.69, 9.17) is 23.2 Å². The van der Waals surface area contributed by atoms with Crippen LogP contribution in [-0.4, -0.2) is 74.1 Å². The number of hydrogen-bond donors (Lipinski definition) is 1. The first-order chi connectivity index (χ1) is 6.43. The highest BCUT2D eigenvalue weighted by Crippen LogP contribution is 1.87. The molecule has 0 aliphatic rings. The van der Waals surface area contributed by atoms with Gasteiger partial charge in [-0.05, 0) is 28.2 Å². The Balaban J connectivity index is 0. The average Bonchev–Trinajstić information content (AvgIpc) is 2.01. The molecule has 0 amide bonds. The lowest BCUT2D eigenvalue weighted by molar-refractivity contribution is 0.107. The van der Waals surface area contributed by atoms with Gasteiger partial charge in [-0.2, -0.15) is 0 Å². The number of hydrogen-bond acceptors (Lipinski definition) is 3. The topological polar surface area (TPSA) is 26.7 Å². The van der Waals surface area contributed by atoms with Gasteiger partial charge in [0.2, 0.25) is 0 Å². The molecule has 0 aromatic carbocycles. The van der Waals surface area contributed by atoms with Crippen LogP contribution in [0.5, 0.6) is 0 Å². The fourth-order valence-corrected chi connectivity index (χ4v) is 0.901. The maximum absolute atomic E-state index is 9.31. The number of likely N-dealkylation sites (N-methyl/N-ethyl adjacent to an activating group) is 2. The van der Waals surface area contributed by atoms with E-state index in [0.717, 1.165) is 13.1 Å². The van der Waals surface area contributed by atoms with Crippen LogP contribution in [0.1, 0.15) is 0 Å². The van der Waals surface area contributed by atoms with Gasteiger partial charge in [0.15, 0.2) is 0 Å². The van der Waals surface area contributed by atoms with Gasteiger partial charge in [0.25, 0.3) is 0 Å². The van der Waals surface area contributed by atoms with E-state index in [2.05, 4.69) is 0 Å². The minimum Gasteiger partial charge on any atom is -0.390 e. The van der Waals surface area contributed by atoms with Gasteiger partial charge in [-0.15, -0.1) is 23.2 Å². The van der Waals surface area contributed by atoms with Crippen molar-refractivity contribution < 1.29 is 5.11 Å². The van der Waals surface area contributed by atoms with Crippen molar-refractivity contribution in [2.75, 3.05) is 53.0 Å². The lowest BCUT2D eigenvalue weighted by Gasteiger charge is -2.19. The molecule has 0 saturated carbocycles.